The van der Waals surface area contributed by atoms with E-state index in [2.05, 4.69) is 9.88 Å². The quantitative estimate of drug-likeness (QED) is 0.337. The number of hydrogen-bond donors (Lipinski definition) is 2. The van der Waals surface area contributed by atoms with Crippen molar-refractivity contribution >= 4 is 28.2 Å². The third kappa shape index (κ3) is 3.95. The molecular weight excluding hydrogens is 463 g/mol. The molecule has 0 bridgehead atoms. The maximum absolute atomic E-state index is 14.7. The first-order valence-corrected chi connectivity index (χ1v) is 11.3. The number of nitrogens with zero attached hydrogens (tertiary/aromatic N) is 2. The highest BCUT2D eigenvalue weighted by Gasteiger charge is 2.24. The number of fused-ring (bicyclic) bond motifs is 1. The first-order valence-electron chi connectivity index (χ1n) is 10.9. The Balaban J connectivity index is 1.78. The molecule has 0 radical (unpaired) electrons. The molecule has 5 rings (SSSR count). The van der Waals surface area contributed by atoms with Crippen molar-refractivity contribution in [2.45, 2.75) is 18.9 Å². The average molecular weight is 484 g/mol. The minimum atomic E-state index is -1.19. The molecule has 3 N–H and O–H groups in total. The molecule has 3 aromatic carbocycles. The lowest BCUT2D eigenvalue weighted by atomic mass is 9.95. The first kappa shape index (κ1) is 22.5. The van der Waals surface area contributed by atoms with Gasteiger partial charge in [0.15, 0.2) is 11.6 Å². The summed E-state index contributed by atoms with van der Waals surface area (Å²) in [6.07, 6.45) is 3.25. The molecule has 1 saturated heterocycles. The van der Waals surface area contributed by atoms with Gasteiger partial charge in [0.2, 0.25) is 0 Å². The highest BCUT2D eigenvalue weighted by molar-refractivity contribution is 6.32. The molecule has 34 heavy (non-hydrogen) atoms. The SMILES string of the molecule is NC1CCN(c2c(-c3cccc(F)c3)cnc3ccc(-c4c(O)c(Cl)cc(F)c4F)cc23)CC1. The van der Waals surface area contributed by atoms with Crippen molar-refractivity contribution in [3.05, 3.63) is 77.2 Å². The van der Waals surface area contributed by atoms with Crippen LogP contribution >= 0.6 is 11.6 Å². The van der Waals surface area contributed by atoms with Crippen LogP contribution in [0.5, 0.6) is 5.75 Å². The summed E-state index contributed by atoms with van der Waals surface area (Å²) in [5.41, 5.74) is 8.81. The Morgan fingerprint density at radius 2 is 1.76 bits per heavy atom. The van der Waals surface area contributed by atoms with Crippen molar-refractivity contribution in [2.75, 3.05) is 18.0 Å². The number of hydrogen-bond acceptors (Lipinski definition) is 4. The Hall–Kier alpha value is -3.29. The van der Waals surface area contributed by atoms with Crippen LogP contribution in [-0.2, 0) is 0 Å². The minimum Gasteiger partial charge on any atom is -0.506 e. The van der Waals surface area contributed by atoms with Crippen molar-refractivity contribution in [3.63, 3.8) is 0 Å². The van der Waals surface area contributed by atoms with E-state index in [4.69, 9.17) is 17.3 Å². The number of halogens is 4. The van der Waals surface area contributed by atoms with E-state index in [1.165, 1.54) is 12.1 Å². The van der Waals surface area contributed by atoms with Gasteiger partial charge in [0.1, 0.15) is 11.6 Å². The zero-order valence-corrected chi connectivity index (χ0v) is 18.8. The molecule has 1 aliphatic heterocycles. The number of anilines is 1. The fourth-order valence-corrected chi connectivity index (χ4v) is 4.70. The number of phenolic OH excluding ortho intramolecular Hbond substituents is 1. The number of benzene rings is 3. The summed E-state index contributed by atoms with van der Waals surface area (Å²) in [4.78, 5) is 6.70. The van der Waals surface area contributed by atoms with Crippen LogP contribution in [0.3, 0.4) is 0 Å². The second-order valence-corrected chi connectivity index (χ2v) is 8.87. The summed E-state index contributed by atoms with van der Waals surface area (Å²) in [6, 6.07) is 12.0. The Bertz CT molecular complexity index is 1380. The molecule has 174 valence electrons. The number of phenols is 1. The average Bonchev–Trinajstić information content (AvgIpc) is 2.83. The lowest BCUT2D eigenvalue weighted by Gasteiger charge is -2.34. The van der Waals surface area contributed by atoms with Crippen molar-refractivity contribution < 1.29 is 18.3 Å². The number of aromatic hydroxyl groups is 1. The number of nitrogens with two attached hydrogens (primary N) is 1. The van der Waals surface area contributed by atoms with Gasteiger partial charge in [-0.1, -0.05) is 29.8 Å². The number of aromatic nitrogens is 1. The van der Waals surface area contributed by atoms with E-state index in [9.17, 15) is 18.3 Å². The summed E-state index contributed by atoms with van der Waals surface area (Å²) in [7, 11) is 0. The molecule has 4 aromatic rings. The molecule has 0 unspecified atom stereocenters. The van der Waals surface area contributed by atoms with Crippen LogP contribution < -0.4 is 10.6 Å². The van der Waals surface area contributed by atoms with Gasteiger partial charge < -0.3 is 15.7 Å². The Morgan fingerprint density at radius 1 is 1.00 bits per heavy atom. The maximum Gasteiger partial charge on any atom is 0.170 e. The van der Waals surface area contributed by atoms with Gasteiger partial charge in [-0.2, -0.15) is 0 Å². The van der Waals surface area contributed by atoms with Gasteiger partial charge >= 0.3 is 0 Å². The fourth-order valence-electron chi connectivity index (χ4n) is 4.51. The van der Waals surface area contributed by atoms with Crippen LogP contribution in [0.25, 0.3) is 33.2 Å². The van der Waals surface area contributed by atoms with Gasteiger partial charge in [-0.15, -0.1) is 0 Å². The lowest BCUT2D eigenvalue weighted by molar-refractivity contribution is 0.459. The Kier molecular flexibility index (Phi) is 5.83. The number of rotatable bonds is 3. The second kappa shape index (κ2) is 8.81. The predicted octanol–water partition coefficient (Wildman–Crippen LogP) is 6.27. The first-order chi connectivity index (χ1) is 16.3. The summed E-state index contributed by atoms with van der Waals surface area (Å²) in [6.45, 7) is 1.36. The van der Waals surface area contributed by atoms with Gasteiger partial charge in [0.25, 0.3) is 0 Å². The van der Waals surface area contributed by atoms with Crippen LogP contribution in [0, 0.1) is 17.5 Å². The van der Waals surface area contributed by atoms with E-state index < -0.39 is 17.4 Å². The molecule has 0 aliphatic carbocycles. The van der Waals surface area contributed by atoms with E-state index >= 15 is 0 Å². The summed E-state index contributed by atoms with van der Waals surface area (Å²) in [5.74, 6) is -3.27. The van der Waals surface area contributed by atoms with Gasteiger partial charge in [-0.3, -0.25) is 4.98 Å². The molecule has 1 aliphatic rings. The largest absolute Gasteiger partial charge is 0.506 e. The predicted molar refractivity (Wildman–Crippen MR) is 129 cm³/mol. The summed E-state index contributed by atoms with van der Waals surface area (Å²) < 4.78 is 42.9. The van der Waals surface area contributed by atoms with E-state index in [0.29, 0.717) is 35.1 Å². The van der Waals surface area contributed by atoms with Gasteiger partial charge in [-0.05, 0) is 54.3 Å². The number of piperidine rings is 1. The van der Waals surface area contributed by atoms with Gasteiger partial charge in [0, 0.05) is 36.3 Å². The third-order valence-corrected chi connectivity index (χ3v) is 6.55. The molecule has 2 heterocycles. The van der Waals surface area contributed by atoms with Gasteiger partial charge in [0.05, 0.1) is 21.8 Å². The molecule has 1 aromatic heterocycles. The summed E-state index contributed by atoms with van der Waals surface area (Å²) in [5, 5.41) is 10.8. The van der Waals surface area contributed by atoms with E-state index in [-0.39, 0.29) is 28.0 Å². The summed E-state index contributed by atoms with van der Waals surface area (Å²) >= 11 is 5.92. The van der Waals surface area contributed by atoms with Crippen LogP contribution in [0.2, 0.25) is 5.02 Å². The molecule has 0 amide bonds. The maximum atomic E-state index is 14.7. The third-order valence-electron chi connectivity index (χ3n) is 6.27. The zero-order chi connectivity index (χ0) is 24.0. The molecule has 0 saturated carbocycles. The Morgan fingerprint density at radius 3 is 2.50 bits per heavy atom. The molecule has 0 spiro atoms. The molecule has 8 heteroatoms. The standard InChI is InChI=1S/C26H21ClF3N3O/c27-20-12-21(29)24(30)23(26(20)34)15-4-5-22-18(11-15)25(33-8-6-17(31)7-9-33)19(13-32-22)14-2-1-3-16(28)10-14/h1-5,10-13,17,34H,6-9,31H2. The second-order valence-electron chi connectivity index (χ2n) is 8.47. The molecule has 4 nitrogen and oxygen atoms in total. The topological polar surface area (TPSA) is 62.4 Å². The lowest BCUT2D eigenvalue weighted by Crippen LogP contribution is -2.40. The smallest absolute Gasteiger partial charge is 0.170 e. The minimum absolute atomic E-state index is 0.0954. The highest BCUT2D eigenvalue weighted by atomic mass is 35.5. The molecule has 1 fully saturated rings. The molecular formula is C26H21ClF3N3O. The van der Waals surface area contributed by atoms with E-state index in [1.807, 2.05) is 0 Å². The molecule has 0 atom stereocenters. The van der Waals surface area contributed by atoms with Crippen LogP contribution in [-0.4, -0.2) is 29.2 Å². The Labute approximate surface area is 199 Å². The van der Waals surface area contributed by atoms with Crippen molar-refractivity contribution in [1.82, 2.24) is 4.98 Å². The van der Waals surface area contributed by atoms with Crippen LogP contribution in [0.4, 0.5) is 18.9 Å². The highest BCUT2D eigenvalue weighted by Crippen LogP contribution is 2.43. The van der Waals surface area contributed by atoms with Crippen molar-refractivity contribution in [2.24, 2.45) is 5.73 Å². The monoisotopic (exact) mass is 483 g/mol. The van der Waals surface area contributed by atoms with Gasteiger partial charge in [-0.25, -0.2) is 13.2 Å². The fraction of sp³-hybridized carbons (Fsp3) is 0.192. The van der Waals surface area contributed by atoms with E-state index in [1.54, 1.807) is 36.5 Å². The van der Waals surface area contributed by atoms with Crippen LogP contribution in [0.1, 0.15) is 12.8 Å². The van der Waals surface area contributed by atoms with Crippen LogP contribution in [0.15, 0.2) is 54.7 Å². The normalized spacial score (nSPS) is 14.7. The zero-order valence-electron chi connectivity index (χ0n) is 18.0. The van der Waals surface area contributed by atoms with Crippen molar-refractivity contribution in [1.29, 1.82) is 0 Å². The van der Waals surface area contributed by atoms with Crippen molar-refractivity contribution in [3.8, 4) is 28.0 Å². The number of pyridine rings is 1. The van der Waals surface area contributed by atoms with E-state index in [0.717, 1.165) is 24.6 Å².